The monoisotopic (exact) mass is 256 g/mol. The predicted octanol–water partition coefficient (Wildman–Crippen LogP) is 3.35. The second-order valence-corrected chi connectivity index (χ2v) is 5.66. The summed E-state index contributed by atoms with van der Waals surface area (Å²) in [4.78, 5) is 12.2. The lowest BCUT2D eigenvalue weighted by Crippen LogP contribution is -2.26. The molecular formula is C16H16O3. The molecule has 0 saturated heterocycles. The van der Waals surface area contributed by atoms with Crippen LogP contribution in [0.5, 0.6) is 11.5 Å². The van der Waals surface area contributed by atoms with Gasteiger partial charge >= 0.3 is 0 Å². The molecule has 0 amide bonds. The van der Waals surface area contributed by atoms with E-state index in [0.29, 0.717) is 17.8 Å². The number of Topliss-reactive ketones (excluding diaryl/α,β-unsaturated/α-hetero) is 1. The molecule has 98 valence electrons. The van der Waals surface area contributed by atoms with Crippen molar-refractivity contribution in [3.05, 3.63) is 41.2 Å². The van der Waals surface area contributed by atoms with Gasteiger partial charge in [0.05, 0.1) is 12.7 Å². The van der Waals surface area contributed by atoms with Gasteiger partial charge in [-0.3, -0.25) is 4.79 Å². The third-order valence-electron chi connectivity index (χ3n) is 3.44. The van der Waals surface area contributed by atoms with Crippen LogP contribution < -0.4 is 9.47 Å². The van der Waals surface area contributed by atoms with Gasteiger partial charge < -0.3 is 9.47 Å². The van der Waals surface area contributed by atoms with Crippen molar-refractivity contribution >= 4 is 11.9 Å². The van der Waals surface area contributed by atoms with Gasteiger partial charge in [-0.25, -0.2) is 0 Å². The molecule has 0 aromatic heterocycles. The lowest BCUT2D eigenvalue weighted by Gasteiger charge is -2.30. The summed E-state index contributed by atoms with van der Waals surface area (Å²) in [7, 11) is 1.62. The minimum absolute atomic E-state index is 0.135. The highest BCUT2D eigenvalue weighted by Gasteiger charge is 2.33. The zero-order valence-electron chi connectivity index (χ0n) is 11.3. The van der Waals surface area contributed by atoms with Crippen LogP contribution in [0.3, 0.4) is 0 Å². The number of carbonyl (C=O) groups excluding carboxylic acids is 1. The van der Waals surface area contributed by atoms with Crippen LogP contribution in [0.1, 0.15) is 25.8 Å². The van der Waals surface area contributed by atoms with Gasteiger partial charge in [0.2, 0.25) is 0 Å². The van der Waals surface area contributed by atoms with E-state index in [2.05, 4.69) is 0 Å². The first-order chi connectivity index (χ1) is 8.98. The smallest absolute Gasteiger partial charge is 0.167 e. The first kappa shape index (κ1) is 12.0. The Morgan fingerprint density at radius 1 is 1.32 bits per heavy atom. The van der Waals surface area contributed by atoms with Gasteiger partial charge in [0.15, 0.2) is 5.78 Å². The van der Waals surface area contributed by atoms with Crippen LogP contribution in [-0.4, -0.2) is 12.9 Å². The van der Waals surface area contributed by atoms with E-state index in [1.165, 1.54) is 0 Å². The van der Waals surface area contributed by atoms with Gasteiger partial charge in [-0.15, -0.1) is 0 Å². The molecule has 0 atom stereocenters. The minimum Gasteiger partial charge on any atom is -0.497 e. The number of hydrogen-bond donors (Lipinski definition) is 0. The van der Waals surface area contributed by atoms with E-state index in [0.717, 1.165) is 17.1 Å². The molecule has 1 aliphatic carbocycles. The largest absolute Gasteiger partial charge is 0.497 e. The van der Waals surface area contributed by atoms with Gasteiger partial charge in [-0.1, -0.05) is 13.8 Å². The molecular weight excluding hydrogens is 240 g/mol. The van der Waals surface area contributed by atoms with E-state index in [1.807, 2.05) is 44.2 Å². The average Bonchev–Trinajstić information content (AvgIpc) is 2.35. The number of carbonyl (C=O) groups is 1. The van der Waals surface area contributed by atoms with Crippen LogP contribution in [-0.2, 0) is 4.79 Å². The van der Waals surface area contributed by atoms with Crippen molar-refractivity contribution < 1.29 is 14.3 Å². The SMILES string of the molecule is COc1ccc2c(c1)C=C1C(=O)CC(C)(C)C=C1O2. The molecule has 0 unspecified atom stereocenters. The fraction of sp³-hybridized carbons (Fsp3) is 0.312. The third kappa shape index (κ3) is 2.05. The van der Waals surface area contributed by atoms with Gasteiger partial charge in [0, 0.05) is 12.0 Å². The van der Waals surface area contributed by atoms with E-state index in [-0.39, 0.29) is 11.2 Å². The number of rotatable bonds is 1. The van der Waals surface area contributed by atoms with Crippen LogP contribution in [0.25, 0.3) is 6.08 Å². The predicted molar refractivity (Wildman–Crippen MR) is 73.1 cm³/mol. The number of ether oxygens (including phenoxy) is 2. The molecule has 3 rings (SSSR count). The highest BCUT2D eigenvalue weighted by molar-refractivity contribution is 6.05. The molecule has 0 N–H and O–H groups in total. The Morgan fingerprint density at radius 3 is 2.84 bits per heavy atom. The Hall–Kier alpha value is -2.03. The summed E-state index contributed by atoms with van der Waals surface area (Å²) in [6.45, 7) is 4.09. The highest BCUT2D eigenvalue weighted by Crippen LogP contribution is 2.41. The molecule has 3 heteroatoms. The molecule has 0 saturated carbocycles. The van der Waals surface area contributed by atoms with E-state index < -0.39 is 0 Å². The summed E-state index contributed by atoms with van der Waals surface area (Å²) in [6, 6.07) is 5.61. The Morgan fingerprint density at radius 2 is 2.11 bits per heavy atom. The fourth-order valence-electron chi connectivity index (χ4n) is 2.50. The lowest BCUT2D eigenvalue weighted by atomic mass is 9.78. The summed E-state index contributed by atoms with van der Waals surface area (Å²) in [5.41, 5.74) is 1.41. The maximum absolute atomic E-state index is 12.2. The third-order valence-corrected chi connectivity index (χ3v) is 3.44. The van der Waals surface area contributed by atoms with E-state index in [1.54, 1.807) is 7.11 Å². The first-order valence-corrected chi connectivity index (χ1v) is 6.32. The molecule has 0 bridgehead atoms. The maximum atomic E-state index is 12.2. The second kappa shape index (κ2) is 3.98. The van der Waals surface area contributed by atoms with E-state index in [4.69, 9.17) is 9.47 Å². The number of ketones is 1. The van der Waals surface area contributed by atoms with Gasteiger partial charge in [0.1, 0.15) is 17.3 Å². The van der Waals surface area contributed by atoms with Crippen LogP contribution >= 0.6 is 0 Å². The highest BCUT2D eigenvalue weighted by atomic mass is 16.5. The average molecular weight is 256 g/mol. The standard InChI is InChI=1S/C16H16O3/c1-16(2)8-13(17)12-7-10-6-11(18-3)4-5-14(10)19-15(12)9-16/h4-7,9H,8H2,1-3H3. The van der Waals surface area contributed by atoms with Crippen molar-refractivity contribution in [2.24, 2.45) is 5.41 Å². The van der Waals surface area contributed by atoms with Gasteiger partial charge in [-0.2, -0.15) is 0 Å². The van der Waals surface area contributed by atoms with E-state index in [9.17, 15) is 4.79 Å². The Balaban J connectivity index is 2.11. The Labute approximate surface area is 112 Å². The van der Waals surface area contributed by atoms with Crippen molar-refractivity contribution in [1.29, 1.82) is 0 Å². The fourth-order valence-corrected chi connectivity index (χ4v) is 2.50. The van der Waals surface area contributed by atoms with Crippen LogP contribution in [0.2, 0.25) is 0 Å². The first-order valence-electron chi connectivity index (χ1n) is 6.32. The van der Waals surface area contributed by atoms with Crippen molar-refractivity contribution in [2.45, 2.75) is 20.3 Å². The molecule has 3 nitrogen and oxygen atoms in total. The molecule has 19 heavy (non-hydrogen) atoms. The minimum atomic E-state index is -0.145. The molecule has 1 heterocycles. The van der Waals surface area contributed by atoms with Crippen LogP contribution in [0.15, 0.2) is 35.6 Å². The maximum Gasteiger partial charge on any atom is 0.167 e. The number of hydrogen-bond acceptors (Lipinski definition) is 3. The van der Waals surface area contributed by atoms with Crippen molar-refractivity contribution in [3.63, 3.8) is 0 Å². The van der Waals surface area contributed by atoms with Crippen molar-refractivity contribution in [2.75, 3.05) is 7.11 Å². The molecule has 0 spiro atoms. The van der Waals surface area contributed by atoms with Crippen molar-refractivity contribution in [3.8, 4) is 11.5 Å². The van der Waals surface area contributed by atoms with Crippen LogP contribution in [0, 0.1) is 5.41 Å². The molecule has 1 aliphatic heterocycles. The molecule has 2 aliphatic rings. The number of methoxy groups -OCH3 is 1. The van der Waals surface area contributed by atoms with Gasteiger partial charge in [0.25, 0.3) is 0 Å². The molecule has 0 radical (unpaired) electrons. The molecule has 0 fully saturated rings. The topological polar surface area (TPSA) is 35.5 Å². The lowest BCUT2D eigenvalue weighted by molar-refractivity contribution is -0.117. The zero-order chi connectivity index (χ0) is 13.6. The summed E-state index contributed by atoms with van der Waals surface area (Å²) in [6.07, 6.45) is 4.45. The van der Waals surface area contributed by atoms with Crippen LogP contribution in [0.4, 0.5) is 0 Å². The zero-order valence-corrected chi connectivity index (χ0v) is 11.3. The normalized spacial score (nSPS) is 19.6. The number of benzene rings is 1. The second-order valence-electron chi connectivity index (χ2n) is 5.66. The van der Waals surface area contributed by atoms with Crippen molar-refractivity contribution in [1.82, 2.24) is 0 Å². The van der Waals surface area contributed by atoms with E-state index >= 15 is 0 Å². The van der Waals surface area contributed by atoms with Gasteiger partial charge in [-0.05, 0) is 35.8 Å². The molecule has 1 aromatic carbocycles. The summed E-state index contributed by atoms with van der Waals surface area (Å²) in [5, 5.41) is 0. The summed E-state index contributed by atoms with van der Waals surface area (Å²) >= 11 is 0. The Kier molecular flexibility index (Phi) is 2.52. The molecule has 1 aromatic rings. The number of fused-ring (bicyclic) bond motifs is 2. The number of allylic oxidation sites excluding steroid dienone is 2. The Bertz CT molecular complexity index is 621. The summed E-state index contributed by atoms with van der Waals surface area (Å²) < 4.78 is 11.0. The quantitative estimate of drug-likeness (QED) is 0.773. The summed E-state index contributed by atoms with van der Waals surface area (Å²) in [5.74, 6) is 2.34.